The fraction of sp³-hybridized carbons (Fsp3) is 0.500. The third-order valence-electron chi connectivity index (χ3n) is 0. The molecule has 0 atom stereocenters. The van der Waals surface area contributed by atoms with Gasteiger partial charge < -0.3 is 12.5 Å². The summed E-state index contributed by atoms with van der Waals surface area (Å²) in [5.74, 6) is 0. The Bertz CT molecular complexity index is 6.00. The fourth-order valence-electron chi connectivity index (χ4n) is 0. The maximum atomic E-state index is 7.00. The second-order valence-corrected chi connectivity index (χ2v) is 0. The van der Waals surface area contributed by atoms with Crippen molar-refractivity contribution in [3.63, 3.8) is 0 Å². The number of hydrogen-bond donors (Lipinski definition) is 1. The maximum Gasteiger partial charge on any atom is 0.0319 e. The van der Waals surface area contributed by atoms with Gasteiger partial charge in [0, 0.05) is 42.7 Å². The van der Waals surface area contributed by atoms with E-state index in [1.807, 2.05) is 0 Å². The third-order valence-corrected chi connectivity index (χ3v) is 0. The Hall–Kier alpha value is 1.15. The van der Waals surface area contributed by atoms with Gasteiger partial charge in [0.15, 0.2) is 0 Å². The molecule has 0 aromatic rings. The average Bonchev–Trinajstić information content (AvgIpc) is 1.00. The van der Waals surface area contributed by atoms with E-state index in [0.29, 0.717) is 0 Å². The van der Waals surface area contributed by atoms with E-state index in [9.17, 15) is 0 Å². The van der Waals surface area contributed by atoms with Crippen LogP contribution >= 0.6 is 0 Å². The van der Waals surface area contributed by atoms with Crippen molar-refractivity contribution < 1.29 is 40.7 Å². The van der Waals surface area contributed by atoms with Gasteiger partial charge in [0.25, 0.3) is 0 Å². The van der Waals surface area contributed by atoms with Gasteiger partial charge in [0.2, 0.25) is 0 Å². The largest absolute Gasteiger partial charge is 0.400 e. The summed E-state index contributed by atoms with van der Waals surface area (Å²) in [7, 11) is 1.00. The molecular formula is C2H7LaO-. The number of rotatable bonds is 0. The monoisotopic (exact) mass is 186 g/mol. The summed E-state index contributed by atoms with van der Waals surface area (Å²) in [6.07, 6.45) is 0. The predicted octanol–water partition coefficient (Wildman–Crippen LogP) is 0.0588. The Labute approximate surface area is 55.0 Å². The van der Waals surface area contributed by atoms with E-state index in [0.717, 1.165) is 7.11 Å². The van der Waals surface area contributed by atoms with Crippen LogP contribution in [0.3, 0.4) is 0 Å². The Balaban J connectivity index is -0.00000000500. The molecule has 0 aromatic heterocycles. The average molecular weight is 186 g/mol. The molecule has 0 spiro atoms. The molecule has 0 saturated carbocycles. The summed E-state index contributed by atoms with van der Waals surface area (Å²) in [5.41, 5.74) is 0. The van der Waals surface area contributed by atoms with Crippen molar-refractivity contribution >= 4 is 0 Å². The molecule has 0 bridgehead atoms. The molecule has 0 aromatic carbocycles. The molecule has 0 unspecified atom stereocenters. The maximum absolute atomic E-state index is 7.00. The van der Waals surface area contributed by atoms with E-state index in [1.165, 1.54) is 0 Å². The first kappa shape index (κ1) is 19.2. The summed E-state index contributed by atoms with van der Waals surface area (Å²) >= 11 is 0. The molecule has 0 aliphatic rings. The summed E-state index contributed by atoms with van der Waals surface area (Å²) in [5, 5.41) is 7.00. The minimum atomic E-state index is 0. The van der Waals surface area contributed by atoms with Gasteiger partial charge in [0.1, 0.15) is 0 Å². The second kappa shape index (κ2) is 31.0. The first-order chi connectivity index (χ1) is 1.00. The van der Waals surface area contributed by atoms with E-state index >= 15 is 0 Å². The Morgan fingerprint density at radius 2 is 1.25 bits per heavy atom. The van der Waals surface area contributed by atoms with Crippen LogP contribution in [-0.4, -0.2) is 12.2 Å². The van der Waals surface area contributed by atoms with Crippen molar-refractivity contribution in [2.75, 3.05) is 7.11 Å². The van der Waals surface area contributed by atoms with Gasteiger partial charge in [0.05, 0.1) is 0 Å². The first-order valence-corrected chi connectivity index (χ1v) is 0.447. The van der Waals surface area contributed by atoms with Crippen molar-refractivity contribution in [3.05, 3.63) is 7.43 Å². The molecule has 1 nitrogen and oxygen atoms in total. The van der Waals surface area contributed by atoms with E-state index < -0.39 is 0 Å². The van der Waals surface area contributed by atoms with Gasteiger partial charge >= 0.3 is 0 Å². The minimum absolute atomic E-state index is 0. The third kappa shape index (κ3) is 11.0. The topological polar surface area (TPSA) is 20.2 Å². The van der Waals surface area contributed by atoms with E-state index in [1.54, 1.807) is 0 Å². The standard InChI is InChI=1S/CH4O.CH3.La/c1-2;;/h2H,1H3;1H3;/q;-1;. The molecule has 0 saturated heterocycles. The van der Waals surface area contributed by atoms with Gasteiger partial charge in [-0.3, -0.25) is 0 Å². The van der Waals surface area contributed by atoms with Crippen molar-refractivity contribution in [1.82, 2.24) is 0 Å². The first-order valence-electron chi connectivity index (χ1n) is 0.447. The van der Waals surface area contributed by atoms with Gasteiger partial charge in [-0.2, -0.15) is 0 Å². The van der Waals surface area contributed by atoms with Crippen molar-refractivity contribution in [2.45, 2.75) is 0 Å². The molecule has 25 valence electrons. The minimum Gasteiger partial charge on any atom is -0.400 e. The van der Waals surface area contributed by atoms with Crippen LogP contribution in [0.1, 0.15) is 0 Å². The SMILES string of the molecule is CO.[CH3-].[La]. The zero-order chi connectivity index (χ0) is 2.00. The predicted molar refractivity (Wildman–Crippen MR) is 14.6 cm³/mol. The van der Waals surface area contributed by atoms with Crippen LogP contribution in [-0.2, 0) is 0 Å². The molecule has 1 N–H and O–H groups in total. The molecule has 0 fully saturated rings. The van der Waals surface area contributed by atoms with Crippen molar-refractivity contribution in [1.29, 1.82) is 0 Å². The van der Waals surface area contributed by atoms with Crippen LogP contribution in [0.5, 0.6) is 0 Å². The van der Waals surface area contributed by atoms with Crippen LogP contribution in [0.15, 0.2) is 0 Å². The molecule has 0 amide bonds. The number of aliphatic hydroxyl groups is 1. The number of hydrogen-bond acceptors (Lipinski definition) is 1. The van der Waals surface area contributed by atoms with Crippen LogP contribution in [0.2, 0.25) is 0 Å². The van der Waals surface area contributed by atoms with Crippen LogP contribution in [0.4, 0.5) is 0 Å². The molecule has 0 heterocycles. The zero-order valence-corrected chi connectivity index (χ0v) is 6.65. The normalized spacial score (nSPS) is 1.50. The van der Waals surface area contributed by atoms with Crippen LogP contribution < -0.4 is 0 Å². The van der Waals surface area contributed by atoms with Gasteiger partial charge in [-0.25, -0.2) is 0 Å². The zero-order valence-electron chi connectivity index (χ0n) is 3.02. The van der Waals surface area contributed by atoms with Crippen LogP contribution in [0, 0.1) is 43.0 Å². The second-order valence-electron chi connectivity index (χ2n) is 0. The van der Waals surface area contributed by atoms with E-state index in [-0.39, 0.29) is 43.0 Å². The van der Waals surface area contributed by atoms with Gasteiger partial charge in [-0.1, -0.05) is 0 Å². The molecular weight excluding hydrogens is 179 g/mol. The fourth-order valence-corrected chi connectivity index (χ4v) is 0. The van der Waals surface area contributed by atoms with Gasteiger partial charge in [-0.05, 0) is 0 Å². The number of aliphatic hydroxyl groups excluding tert-OH is 1. The smallest absolute Gasteiger partial charge is 0.0319 e. The Morgan fingerprint density at radius 1 is 1.25 bits per heavy atom. The Kier molecular flexibility index (Phi) is 149. The molecule has 0 aliphatic heterocycles. The molecule has 1 radical (unpaired) electrons. The Morgan fingerprint density at radius 3 is 1.25 bits per heavy atom. The van der Waals surface area contributed by atoms with Gasteiger partial charge in [-0.15, -0.1) is 0 Å². The summed E-state index contributed by atoms with van der Waals surface area (Å²) in [6.45, 7) is 0. The van der Waals surface area contributed by atoms with Crippen molar-refractivity contribution in [3.8, 4) is 0 Å². The van der Waals surface area contributed by atoms with Crippen molar-refractivity contribution in [2.24, 2.45) is 0 Å². The quantitative estimate of drug-likeness (QED) is 0.530. The molecule has 4 heavy (non-hydrogen) atoms. The molecule has 0 rings (SSSR count). The molecule has 2 heteroatoms. The summed E-state index contributed by atoms with van der Waals surface area (Å²) < 4.78 is 0. The summed E-state index contributed by atoms with van der Waals surface area (Å²) in [6, 6.07) is 0. The van der Waals surface area contributed by atoms with Crippen LogP contribution in [0.25, 0.3) is 0 Å². The molecule has 0 aliphatic carbocycles. The van der Waals surface area contributed by atoms with E-state index in [2.05, 4.69) is 0 Å². The summed E-state index contributed by atoms with van der Waals surface area (Å²) in [4.78, 5) is 0. The van der Waals surface area contributed by atoms with E-state index in [4.69, 9.17) is 5.11 Å².